The van der Waals surface area contributed by atoms with Crippen molar-refractivity contribution in [2.24, 2.45) is 0 Å². The summed E-state index contributed by atoms with van der Waals surface area (Å²) in [7, 11) is 1.93. The van der Waals surface area contributed by atoms with E-state index in [1.807, 2.05) is 13.1 Å². The second-order valence-corrected chi connectivity index (χ2v) is 3.20. The first-order chi connectivity index (χ1) is 6.90. The van der Waals surface area contributed by atoms with Gasteiger partial charge in [-0.1, -0.05) is 42.5 Å². The van der Waals surface area contributed by atoms with E-state index in [1.54, 1.807) is 0 Å². The number of allylic oxidation sites excluding steroid dienone is 4. The van der Waals surface area contributed by atoms with Gasteiger partial charge in [-0.05, 0) is 22.6 Å². The van der Waals surface area contributed by atoms with E-state index >= 15 is 0 Å². The molecule has 1 aliphatic rings. The molecule has 0 heterocycles. The van der Waals surface area contributed by atoms with Crippen molar-refractivity contribution in [2.45, 2.75) is 0 Å². The van der Waals surface area contributed by atoms with E-state index in [4.69, 9.17) is 0 Å². The predicted molar refractivity (Wildman–Crippen MR) is 60.9 cm³/mol. The van der Waals surface area contributed by atoms with Crippen molar-refractivity contribution < 1.29 is 0 Å². The number of hydrogen-bond acceptors (Lipinski definition) is 1. The number of fused-ring (bicyclic) bond motifs is 1. The van der Waals surface area contributed by atoms with Gasteiger partial charge in [-0.15, -0.1) is 0 Å². The lowest BCUT2D eigenvalue weighted by Crippen LogP contribution is -2.25. The molecule has 1 aliphatic carbocycles. The van der Waals surface area contributed by atoms with Gasteiger partial charge in [-0.3, -0.25) is 0 Å². The first-order valence-corrected chi connectivity index (χ1v) is 4.73. The Balaban J connectivity index is 2.70. The van der Waals surface area contributed by atoms with Gasteiger partial charge in [0, 0.05) is 12.7 Å². The summed E-state index contributed by atoms with van der Waals surface area (Å²) in [5.41, 5.74) is 1.13. The van der Waals surface area contributed by atoms with Gasteiger partial charge < -0.3 is 5.32 Å². The Morgan fingerprint density at radius 2 is 1.64 bits per heavy atom. The first kappa shape index (κ1) is 8.82. The van der Waals surface area contributed by atoms with Crippen LogP contribution in [0.4, 0.5) is 0 Å². The topological polar surface area (TPSA) is 12.0 Å². The number of hydrogen-bond donors (Lipinski definition) is 1. The molecule has 0 saturated heterocycles. The highest BCUT2D eigenvalue weighted by molar-refractivity contribution is 5.52. The molecule has 0 atom stereocenters. The highest BCUT2D eigenvalue weighted by Gasteiger charge is 1.89. The standard InChI is InChI=1S/C13H13N/c1-14-13-9-5-4-7-11-6-2-3-8-12(11)10-13/h2-10,14H,1H3/b5-4+,7-4?,9-5?,11-7+,12-10?,13-9?,13-10?. The fourth-order valence-corrected chi connectivity index (χ4v) is 1.48. The molecule has 0 amide bonds. The van der Waals surface area contributed by atoms with E-state index in [0.717, 1.165) is 5.70 Å². The maximum atomic E-state index is 3.15. The number of rotatable bonds is 1. The fourth-order valence-electron chi connectivity index (χ4n) is 1.48. The van der Waals surface area contributed by atoms with Crippen LogP contribution < -0.4 is 15.8 Å². The van der Waals surface area contributed by atoms with Crippen LogP contribution in [-0.2, 0) is 0 Å². The average Bonchev–Trinajstić information content (AvgIpc) is 2.19. The minimum absolute atomic E-state index is 1.13. The maximum absolute atomic E-state index is 3.15. The highest BCUT2D eigenvalue weighted by atomic mass is 14.8. The van der Waals surface area contributed by atoms with Crippen LogP contribution in [0.15, 0.2) is 48.2 Å². The van der Waals surface area contributed by atoms with Gasteiger partial charge in [0.25, 0.3) is 0 Å². The van der Waals surface area contributed by atoms with Crippen molar-refractivity contribution in [2.75, 3.05) is 7.05 Å². The summed E-state index contributed by atoms with van der Waals surface area (Å²) in [4.78, 5) is 0. The maximum Gasteiger partial charge on any atom is 0.0343 e. The molecule has 0 unspecified atom stereocenters. The first-order valence-electron chi connectivity index (χ1n) is 4.73. The molecule has 2 rings (SSSR count). The molecule has 0 aromatic heterocycles. The zero-order valence-electron chi connectivity index (χ0n) is 8.20. The van der Waals surface area contributed by atoms with Crippen molar-refractivity contribution in [3.63, 3.8) is 0 Å². The number of benzene rings is 1. The molecule has 0 aliphatic heterocycles. The van der Waals surface area contributed by atoms with Crippen molar-refractivity contribution >= 4 is 12.2 Å². The quantitative estimate of drug-likeness (QED) is 0.682. The Morgan fingerprint density at radius 3 is 2.43 bits per heavy atom. The van der Waals surface area contributed by atoms with Crippen LogP contribution in [0.2, 0.25) is 0 Å². The van der Waals surface area contributed by atoms with Gasteiger partial charge in [0.05, 0.1) is 0 Å². The van der Waals surface area contributed by atoms with Crippen molar-refractivity contribution in [3.05, 3.63) is 58.6 Å². The third-order valence-corrected chi connectivity index (χ3v) is 2.26. The second kappa shape index (κ2) is 3.97. The van der Waals surface area contributed by atoms with Crippen LogP contribution in [-0.4, -0.2) is 7.05 Å². The largest absolute Gasteiger partial charge is 0.388 e. The molecule has 1 aromatic carbocycles. The summed E-state index contributed by atoms with van der Waals surface area (Å²) in [6, 6.07) is 8.36. The summed E-state index contributed by atoms with van der Waals surface area (Å²) in [6.45, 7) is 0. The normalized spacial score (nSPS) is 18.6. The lowest BCUT2D eigenvalue weighted by molar-refractivity contribution is 1.05. The summed E-state index contributed by atoms with van der Waals surface area (Å²) in [5.74, 6) is 0. The molecule has 70 valence electrons. The number of nitrogens with one attached hydrogen (secondary N) is 1. The summed E-state index contributed by atoms with van der Waals surface area (Å²) in [6.07, 6.45) is 10.4. The second-order valence-electron chi connectivity index (χ2n) is 3.20. The third kappa shape index (κ3) is 1.77. The Morgan fingerprint density at radius 1 is 0.929 bits per heavy atom. The monoisotopic (exact) mass is 183 g/mol. The molecule has 14 heavy (non-hydrogen) atoms. The highest BCUT2D eigenvalue weighted by Crippen LogP contribution is 1.92. The SMILES string of the molecule is CNC1=C/C=C/C=c2\ccccc2=C1. The van der Waals surface area contributed by atoms with E-state index in [2.05, 4.69) is 53.9 Å². The third-order valence-electron chi connectivity index (χ3n) is 2.26. The predicted octanol–water partition coefficient (Wildman–Crippen LogP) is 0.921. The summed E-state index contributed by atoms with van der Waals surface area (Å²) in [5, 5.41) is 5.65. The molecular formula is C13H13N. The van der Waals surface area contributed by atoms with E-state index in [-0.39, 0.29) is 0 Å². The minimum atomic E-state index is 1.13. The Bertz CT molecular complexity index is 492. The molecular weight excluding hydrogens is 170 g/mol. The van der Waals surface area contributed by atoms with E-state index in [9.17, 15) is 0 Å². The van der Waals surface area contributed by atoms with Crippen LogP contribution in [0.1, 0.15) is 0 Å². The van der Waals surface area contributed by atoms with Crippen LogP contribution in [0.5, 0.6) is 0 Å². The van der Waals surface area contributed by atoms with E-state index < -0.39 is 0 Å². The van der Waals surface area contributed by atoms with Gasteiger partial charge >= 0.3 is 0 Å². The molecule has 1 nitrogen and oxygen atoms in total. The van der Waals surface area contributed by atoms with Crippen molar-refractivity contribution in [1.82, 2.24) is 5.32 Å². The minimum Gasteiger partial charge on any atom is -0.388 e. The molecule has 0 bridgehead atoms. The lowest BCUT2D eigenvalue weighted by Gasteiger charge is -2.00. The van der Waals surface area contributed by atoms with Gasteiger partial charge in [0.15, 0.2) is 0 Å². The molecule has 0 spiro atoms. The van der Waals surface area contributed by atoms with Crippen molar-refractivity contribution in [3.8, 4) is 0 Å². The molecule has 0 saturated carbocycles. The Kier molecular flexibility index (Phi) is 2.50. The van der Waals surface area contributed by atoms with E-state index in [0.29, 0.717) is 0 Å². The smallest absolute Gasteiger partial charge is 0.0343 e. The molecule has 1 heteroatoms. The van der Waals surface area contributed by atoms with Gasteiger partial charge in [0.1, 0.15) is 0 Å². The molecule has 1 aromatic rings. The van der Waals surface area contributed by atoms with Gasteiger partial charge in [-0.25, -0.2) is 0 Å². The molecule has 0 fully saturated rings. The zero-order valence-corrected chi connectivity index (χ0v) is 8.20. The van der Waals surface area contributed by atoms with Crippen LogP contribution in [0, 0.1) is 0 Å². The van der Waals surface area contributed by atoms with Crippen molar-refractivity contribution in [1.29, 1.82) is 0 Å². The fraction of sp³-hybridized carbons (Fsp3) is 0.0769. The van der Waals surface area contributed by atoms with Crippen LogP contribution in [0.25, 0.3) is 12.2 Å². The van der Waals surface area contributed by atoms with Gasteiger partial charge in [-0.2, -0.15) is 0 Å². The molecule has 0 radical (unpaired) electrons. The molecule has 1 N–H and O–H groups in total. The summed E-state index contributed by atoms with van der Waals surface area (Å²) >= 11 is 0. The van der Waals surface area contributed by atoms with Crippen LogP contribution >= 0.6 is 0 Å². The zero-order chi connectivity index (χ0) is 9.80. The average molecular weight is 183 g/mol. The Labute approximate surface area is 83.8 Å². The van der Waals surface area contributed by atoms with E-state index in [1.165, 1.54) is 10.4 Å². The van der Waals surface area contributed by atoms with Gasteiger partial charge in [0.2, 0.25) is 0 Å². The van der Waals surface area contributed by atoms with Crippen LogP contribution in [0.3, 0.4) is 0 Å². The Hall–Kier alpha value is -1.76. The lowest BCUT2D eigenvalue weighted by atomic mass is 10.1. The summed E-state index contributed by atoms with van der Waals surface area (Å²) < 4.78 is 0.